The predicted octanol–water partition coefficient (Wildman–Crippen LogP) is 24.1. The molecule has 1 aliphatic rings. The van der Waals surface area contributed by atoms with Gasteiger partial charge in [-0.15, -0.1) is 0 Å². The van der Waals surface area contributed by atoms with Gasteiger partial charge in [-0.25, -0.2) is 29.9 Å². The van der Waals surface area contributed by atoms with Crippen molar-refractivity contribution < 1.29 is 18.4 Å². The van der Waals surface area contributed by atoms with Crippen molar-refractivity contribution in [2.45, 2.75) is 38.9 Å². The van der Waals surface area contributed by atoms with Crippen molar-refractivity contribution in [3.8, 4) is 124 Å². The summed E-state index contributed by atoms with van der Waals surface area (Å²) in [6.45, 7) is 8.31. The van der Waals surface area contributed by atoms with E-state index in [9.17, 15) is 9.13 Å². The smallest absolute Gasteiger partial charge is 0.399 e. The van der Waals surface area contributed by atoms with Gasteiger partial charge in [0.15, 0.2) is 49.2 Å². The standard InChI is InChI=1S/C51H36N3OP.C39H34BN3O2.C18H14BrOP/c55-56(46-17-9-3-10-18-46,47-19-11-4-12-20-47)48-35-33-42(34-36-48)40-27-25-38(26-28-40)37-21-23-39(24-22-37)41-29-31-45(32-30-41)51-53-49(43-13-5-1-6-14-43)52-50(54-51)44-15-7-2-8-16-44;1-38(2)39(3,4)45-40(44-38)34-25-23-30(24-26-34)28-17-15-27(16-18-28)29-19-21-33(22-20-29)37-42-35(31-11-7-5-8-12-31)41-36(43-37)32-13-9-6-10-14-32;19-15-11-13-18(14-12-15)21(20,16-7-3-1-4-8-16)17-9-5-2-6-10-17/h1-36H;5-26H,1-4H3;1-14H. The van der Waals surface area contributed by atoms with E-state index in [4.69, 9.17) is 39.2 Å². The summed E-state index contributed by atoms with van der Waals surface area (Å²) in [5, 5.41) is 5.06. The zero-order valence-corrected chi connectivity index (χ0v) is 71.1. The van der Waals surface area contributed by atoms with Crippen LogP contribution in [0.4, 0.5) is 0 Å². The van der Waals surface area contributed by atoms with Crippen molar-refractivity contribution in [3.05, 3.63) is 441 Å². The van der Waals surface area contributed by atoms with Crippen LogP contribution in [0.2, 0.25) is 0 Å². The molecule has 0 radical (unpaired) electrons. The summed E-state index contributed by atoms with van der Waals surface area (Å²) in [5.41, 5.74) is 17.3. The summed E-state index contributed by atoms with van der Waals surface area (Å²) in [4.78, 5) is 29.1. The topological polar surface area (TPSA) is 130 Å². The van der Waals surface area contributed by atoms with Crippen LogP contribution >= 0.6 is 30.2 Å². The first kappa shape index (κ1) is 80.9. The van der Waals surface area contributed by atoms with E-state index in [0.717, 1.165) is 131 Å². The van der Waals surface area contributed by atoms with E-state index in [1.165, 1.54) is 0 Å². The molecule has 16 aromatic carbocycles. The van der Waals surface area contributed by atoms with Crippen LogP contribution in [0, 0.1) is 0 Å². The maximum absolute atomic E-state index is 14.8. The minimum absolute atomic E-state index is 0.355. The highest BCUT2D eigenvalue weighted by Gasteiger charge is 2.51. The fraction of sp³-hybridized carbons (Fsp3) is 0.0556. The molecule has 1 aliphatic heterocycles. The fourth-order valence-corrected chi connectivity index (χ4v) is 20.4. The lowest BCUT2D eigenvalue weighted by Crippen LogP contribution is -2.41. The van der Waals surface area contributed by atoms with Gasteiger partial charge in [0.05, 0.1) is 11.2 Å². The molecule has 18 aromatic rings. The molecule has 0 aliphatic carbocycles. The number of hydrogen-bond donors (Lipinski definition) is 0. The molecule has 0 spiro atoms. The third-order valence-electron chi connectivity index (χ3n) is 22.3. The molecule has 3 heterocycles. The molecule has 19 rings (SSSR count). The molecule has 10 nitrogen and oxygen atoms in total. The number of aromatic nitrogens is 6. The Bertz CT molecular complexity index is 6450. The maximum Gasteiger partial charge on any atom is 0.494 e. The van der Waals surface area contributed by atoms with Crippen LogP contribution in [-0.4, -0.2) is 48.2 Å². The first-order valence-electron chi connectivity index (χ1n) is 40.6. The van der Waals surface area contributed by atoms with Gasteiger partial charge in [0.2, 0.25) is 0 Å². The highest BCUT2D eigenvalue weighted by Crippen LogP contribution is 2.45. The van der Waals surface area contributed by atoms with Crippen LogP contribution in [0.5, 0.6) is 0 Å². The Morgan fingerprint density at radius 2 is 0.361 bits per heavy atom. The van der Waals surface area contributed by atoms with Crippen molar-refractivity contribution in [2.75, 3.05) is 0 Å². The maximum atomic E-state index is 14.8. The minimum Gasteiger partial charge on any atom is -0.399 e. The molecule has 1 fully saturated rings. The average molecular weight is 1680 g/mol. The van der Waals surface area contributed by atoms with Crippen LogP contribution in [-0.2, 0) is 18.4 Å². The second-order valence-electron chi connectivity index (χ2n) is 30.8. The number of benzene rings is 16. The first-order chi connectivity index (χ1) is 59.6. The Balaban J connectivity index is 0.000000143. The molecule has 0 unspecified atom stereocenters. The summed E-state index contributed by atoms with van der Waals surface area (Å²) < 4.78 is 42.1. The Morgan fingerprint density at radius 1 is 0.205 bits per heavy atom. The van der Waals surface area contributed by atoms with E-state index in [-0.39, 0.29) is 18.3 Å². The van der Waals surface area contributed by atoms with Crippen molar-refractivity contribution in [3.63, 3.8) is 0 Å². The van der Waals surface area contributed by atoms with Crippen molar-refractivity contribution in [1.29, 1.82) is 0 Å². The Labute approximate surface area is 721 Å². The van der Waals surface area contributed by atoms with Crippen molar-refractivity contribution in [2.24, 2.45) is 0 Å². The Morgan fingerprint density at radius 3 is 0.574 bits per heavy atom. The van der Waals surface area contributed by atoms with E-state index in [1.807, 2.05) is 279 Å². The van der Waals surface area contributed by atoms with Gasteiger partial charge < -0.3 is 18.4 Å². The van der Waals surface area contributed by atoms with Gasteiger partial charge in [-0.2, -0.15) is 0 Å². The van der Waals surface area contributed by atoms with Crippen LogP contribution in [0.25, 0.3) is 124 Å². The molecule has 0 amide bonds. The molecule has 0 bridgehead atoms. The molecule has 0 N–H and O–H groups in total. The Kier molecular flexibility index (Phi) is 24.0. The molecule has 590 valence electrons. The van der Waals surface area contributed by atoms with Crippen LogP contribution < -0.4 is 37.3 Å². The van der Waals surface area contributed by atoms with Crippen LogP contribution in [0.3, 0.4) is 0 Å². The molecule has 2 aromatic heterocycles. The molecular weight excluding hydrogens is 1600 g/mol. The van der Waals surface area contributed by atoms with Crippen molar-refractivity contribution >= 4 is 74.6 Å². The van der Waals surface area contributed by atoms with Gasteiger partial charge in [-0.05, 0) is 113 Å². The second-order valence-corrected chi connectivity index (χ2v) is 37.2. The molecule has 0 saturated carbocycles. The molecule has 1 saturated heterocycles. The summed E-state index contributed by atoms with van der Waals surface area (Å²) in [5.74, 6) is 3.89. The zero-order chi connectivity index (χ0) is 83.5. The zero-order valence-electron chi connectivity index (χ0n) is 67.7. The van der Waals surface area contributed by atoms with E-state index in [1.54, 1.807) is 0 Å². The quantitative estimate of drug-likeness (QED) is 0.0605. The van der Waals surface area contributed by atoms with Crippen molar-refractivity contribution in [1.82, 2.24) is 29.9 Å². The van der Waals surface area contributed by atoms with Gasteiger partial charge in [0, 0.05) is 69.7 Å². The van der Waals surface area contributed by atoms with Crippen LogP contribution in [0.15, 0.2) is 441 Å². The van der Waals surface area contributed by atoms with E-state index in [0.29, 0.717) is 34.9 Å². The summed E-state index contributed by atoms with van der Waals surface area (Å²) in [7, 11) is -6.19. The Hall–Kier alpha value is -13.5. The SMILES string of the molecule is CC1(C)OB(c2ccc(-c3ccc(-c4ccc(-c5nc(-c6ccccc6)nc(-c6ccccc6)n5)cc4)cc3)cc2)OC1(C)C.O=P(c1ccccc1)(c1ccccc1)c1ccc(-c2ccc(-c3ccc(-c4ccc(-c5nc(-c6ccccc6)nc(-c6ccccc6)n5)cc4)cc3)cc2)cc1.O=P(c1ccccc1)(c1ccccc1)c1ccc(Br)cc1. The largest absolute Gasteiger partial charge is 0.494 e. The number of halogens is 1. The highest BCUT2D eigenvalue weighted by atomic mass is 79.9. The van der Waals surface area contributed by atoms with Gasteiger partial charge in [0.1, 0.15) is 0 Å². The molecule has 0 atom stereocenters. The van der Waals surface area contributed by atoms with Gasteiger partial charge in [0.25, 0.3) is 0 Å². The minimum atomic E-state index is -3.01. The molecular formula is C108H84BBrN6O4P2. The average Bonchev–Trinajstić information content (AvgIpc) is 1.42. The lowest BCUT2D eigenvalue weighted by Gasteiger charge is -2.32. The highest BCUT2D eigenvalue weighted by molar-refractivity contribution is 9.10. The summed E-state index contributed by atoms with van der Waals surface area (Å²) >= 11 is 3.43. The number of hydrogen-bond acceptors (Lipinski definition) is 10. The van der Waals surface area contributed by atoms with Crippen LogP contribution in [0.1, 0.15) is 27.7 Å². The normalized spacial score (nSPS) is 12.7. The third-order valence-corrected chi connectivity index (χ3v) is 29.0. The first-order valence-corrected chi connectivity index (χ1v) is 44.8. The van der Waals surface area contributed by atoms with Gasteiger partial charge in [-0.1, -0.05) is 428 Å². The number of rotatable bonds is 18. The monoisotopic (exact) mass is 1680 g/mol. The van der Waals surface area contributed by atoms with E-state index in [2.05, 4.69) is 201 Å². The van der Waals surface area contributed by atoms with Gasteiger partial charge >= 0.3 is 7.12 Å². The number of nitrogens with zero attached hydrogens (tertiary/aromatic N) is 6. The second kappa shape index (κ2) is 36.2. The lowest BCUT2D eigenvalue weighted by molar-refractivity contribution is 0.00578. The fourth-order valence-electron chi connectivity index (χ4n) is 14.8. The predicted molar refractivity (Wildman–Crippen MR) is 508 cm³/mol. The van der Waals surface area contributed by atoms with E-state index < -0.39 is 14.3 Å². The lowest BCUT2D eigenvalue weighted by atomic mass is 9.78. The summed E-state index contributed by atoms with van der Waals surface area (Å²) in [6, 6.07) is 146. The molecule has 14 heteroatoms. The van der Waals surface area contributed by atoms with E-state index >= 15 is 0 Å². The van der Waals surface area contributed by atoms with Gasteiger partial charge in [-0.3, -0.25) is 0 Å². The third kappa shape index (κ3) is 17.9. The molecule has 122 heavy (non-hydrogen) atoms. The summed E-state index contributed by atoms with van der Waals surface area (Å²) in [6.07, 6.45) is 0.